The fourth-order valence-corrected chi connectivity index (χ4v) is 2.46. The standard InChI is InChI=1S/C14H15ClN2O2S/c1-9(2)12-8-20-14(16-12)17-13(18)7-19-11-5-3-10(15)4-6-11/h3-6,8-9H,7H2,1-2H3,(H,16,17,18). The largest absolute Gasteiger partial charge is 0.484 e. The van der Waals surface area contributed by atoms with Crippen molar-refractivity contribution in [3.8, 4) is 5.75 Å². The molecule has 0 fully saturated rings. The van der Waals surface area contributed by atoms with Crippen LogP contribution in [0.5, 0.6) is 5.75 Å². The third-order valence-corrected chi connectivity index (χ3v) is 3.57. The molecule has 1 aromatic carbocycles. The molecule has 0 atom stereocenters. The van der Waals surface area contributed by atoms with Gasteiger partial charge in [-0.05, 0) is 30.2 Å². The van der Waals surface area contributed by atoms with Gasteiger partial charge in [0.15, 0.2) is 11.7 Å². The minimum Gasteiger partial charge on any atom is -0.484 e. The number of thiazole rings is 1. The fourth-order valence-electron chi connectivity index (χ4n) is 1.44. The molecule has 0 saturated carbocycles. The number of benzene rings is 1. The molecule has 0 spiro atoms. The van der Waals surface area contributed by atoms with E-state index >= 15 is 0 Å². The quantitative estimate of drug-likeness (QED) is 0.910. The molecule has 0 bridgehead atoms. The summed E-state index contributed by atoms with van der Waals surface area (Å²) in [5, 5.41) is 5.89. The summed E-state index contributed by atoms with van der Waals surface area (Å²) < 4.78 is 5.36. The number of hydrogen-bond acceptors (Lipinski definition) is 4. The summed E-state index contributed by atoms with van der Waals surface area (Å²) in [5.41, 5.74) is 0.976. The molecular formula is C14H15ClN2O2S. The molecule has 0 unspecified atom stereocenters. The summed E-state index contributed by atoms with van der Waals surface area (Å²) in [7, 11) is 0. The van der Waals surface area contributed by atoms with Gasteiger partial charge in [-0.25, -0.2) is 4.98 Å². The minimum absolute atomic E-state index is 0.0573. The summed E-state index contributed by atoms with van der Waals surface area (Å²) in [5.74, 6) is 0.721. The lowest BCUT2D eigenvalue weighted by molar-refractivity contribution is -0.118. The molecule has 1 amide bonds. The van der Waals surface area contributed by atoms with E-state index in [1.54, 1.807) is 24.3 Å². The number of nitrogens with one attached hydrogen (secondary N) is 1. The number of amides is 1. The molecule has 0 aliphatic heterocycles. The lowest BCUT2D eigenvalue weighted by atomic mass is 10.2. The highest BCUT2D eigenvalue weighted by molar-refractivity contribution is 7.13. The van der Waals surface area contributed by atoms with Crippen molar-refractivity contribution in [2.45, 2.75) is 19.8 Å². The van der Waals surface area contributed by atoms with Crippen molar-refractivity contribution in [1.29, 1.82) is 0 Å². The molecular weight excluding hydrogens is 296 g/mol. The fraction of sp³-hybridized carbons (Fsp3) is 0.286. The average Bonchev–Trinajstić information content (AvgIpc) is 2.87. The van der Waals surface area contributed by atoms with Crippen molar-refractivity contribution in [1.82, 2.24) is 4.98 Å². The maximum Gasteiger partial charge on any atom is 0.264 e. The molecule has 2 aromatic rings. The van der Waals surface area contributed by atoms with E-state index in [9.17, 15) is 4.79 Å². The van der Waals surface area contributed by atoms with Gasteiger partial charge in [-0.15, -0.1) is 11.3 Å². The third-order valence-electron chi connectivity index (χ3n) is 2.54. The Kier molecular flexibility index (Phi) is 4.98. The maximum absolute atomic E-state index is 11.7. The van der Waals surface area contributed by atoms with Crippen LogP contribution in [-0.4, -0.2) is 17.5 Å². The van der Waals surface area contributed by atoms with Crippen molar-refractivity contribution >= 4 is 34.0 Å². The van der Waals surface area contributed by atoms with Crippen molar-refractivity contribution in [3.63, 3.8) is 0 Å². The molecule has 0 aliphatic carbocycles. The first-order valence-electron chi connectivity index (χ1n) is 6.18. The van der Waals surface area contributed by atoms with E-state index < -0.39 is 0 Å². The maximum atomic E-state index is 11.7. The normalized spacial score (nSPS) is 10.6. The number of nitrogens with zero attached hydrogens (tertiary/aromatic N) is 1. The van der Waals surface area contributed by atoms with E-state index in [-0.39, 0.29) is 12.5 Å². The molecule has 0 saturated heterocycles. The Bertz CT molecular complexity index is 581. The van der Waals surface area contributed by atoms with Crippen molar-refractivity contribution < 1.29 is 9.53 Å². The zero-order valence-electron chi connectivity index (χ0n) is 11.2. The van der Waals surface area contributed by atoms with Crippen LogP contribution >= 0.6 is 22.9 Å². The van der Waals surface area contributed by atoms with Crippen LogP contribution in [0.25, 0.3) is 0 Å². The van der Waals surface area contributed by atoms with Crippen LogP contribution < -0.4 is 10.1 Å². The van der Waals surface area contributed by atoms with E-state index in [4.69, 9.17) is 16.3 Å². The molecule has 0 aliphatic rings. The minimum atomic E-state index is -0.232. The Morgan fingerprint density at radius 2 is 2.10 bits per heavy atom. The molecule has 1 heterocycles. The van der Waals surface area contributed by atoms with Crippen molar-refractivity contribution in [3.05, 3.63) is 40.4 Å². The van der Waals surface area contributed by atoms with Crippen LogP contribution in [0.1, 0.15) is 25.5 Å². The number of carbonyl (C=O) groups excluding carboxylic acids is 1. The molecule has 0 radical (unpaired) electrons. The Labute approximate surface area is 126 Å². The molecule has 4 nitrogen and oxygen atoms in total. The molecule has 2 rings (SSSR count). The first-order chi connectivity index (χ1) is 9.54. The van der Waals surface area contributed by atoms with Crippen LogP contribution in [-0.2, 0) is 4.79 Å². The predicted octanol–water partition coefficient (Wildman–Crippen LogP) is 3.94. The van der Waals surface area contributed by atoms with Gasteiger partial charge >= 0.3 is 0 Å². The first kappa shape index (κ1) is 14.8. The second kappa shape index (κ2) is 6.72. The van der Waals surface area contributed by atoms with Crippen LogP contribution in [0.2, 0.25) is 5.02 Å². The number of ether oxygens (including phenoxy) is 1. The number of anilines is 1. The predicted molar refractivity (Wildman–Crippen MR) is 81.8 cm³/mol. The van der Waals surface area contributed by atoms with Crippen molar-refractivity contribution in [2.75, 3.05) is 11.9 Å². The Morgan fingerprint density at radius 3 is 2.70 bits per heavy atom. The van der Waals surface area contributed by atoms with E-state index in [2.05, 4.69) is 24.1 Å². The summed E-state index contributed by atoms with van der Waals surface area (Å²) in [6, 6.07) is 6.86. The SMILES string of the molecule is CC(C)c1csc(NC(=O)COc2ccc(Cl)cc2)n1. The summed E-state index contributed by atoms with van der Waals surface area (Å²) in [6.07, 6.45) is 0. The second-order valence-electron chi connectivity index (χ2n) is 4.52. The molecule has 6 heteroatoms. The highest BCUT2D eigenvalue weighted by atomic mass is 35.5. The number of hydrogen-bond donors (Lipinski definition) is 1. The number of halogens is 1. The molecule has 1 N–H and O–H groups in total. The van der Waals surface area contributed by atoms with Gasteiger partial charge in [-0.3, -0.25) is 10.1 Å². The van der Waals surface area contributed by atoms with E-state index in [1.807, 2.05) is 5.38 Å². The second-order valence-corrected chi connectivity index (χ2v) is 5.82. The van der Waals surface area contributed by atoms with Crippen LogP contribution in [0.3, 0.4) is 0 Å². The van der Waals surface area contributed by atoms with Crippen LogP contribution in [0.15, 0.2) is 29.6 Å². The Hall–Kier alpha value is -1.59. The third kappa shape index (κ3) is 4.21. The topological polar surface area (TPSA) is 51.2 Å². The van der Waals surface area contributed by atoms with Gasteiger partial charge in [-0.1, -0.05) is 25.4 Å². The van der Waals surface area contributed by atoms with Gasteiger partial charge in [0, 0.05) is 10.4 Å². The van der Waals surface area contributed by atoms with Gasteiger partial charge in [0.1, 0.15) is 5.75 Å². The number of aromatic nitrogens is 1. The zero-order chi connectivity index (χ0) is 14.5. The summed E-state index contributed by atoms with van der Waals surface area (Å²) >= 11 is 7.18. The molecule has 1 aromatic heterocycles. The Balaban J connectivity index is 1.84. The van der Waals surface area contributed by atoms with Gasteiger partial charge < -0.3 is 4.74 Å². The first-order valence-corrected chi connectivity index (χ1v) is 7.44. The monoisotopic (exact) mass is 310 g/mol. The number of rotatable bonds is 5. The van der Waals surface area contributed by atoms with E-state index in [0.29, 0.717) is 21.8 Å². The van der Waals surface area contributed by atoms with Gasteiger partial charge in [0.05, 0.1) is 5.69 Å². The van der Waals surface area contributed by atoms with Gasteiger partial charge in [0.2, 0.25) is 0 Å². The highest BCUT2D eigenvalue weighted by Crippen LogP contribution is 2.21. The van der Waals surface area contributed by atoms with Crippen LogP contribution in [0.4, 0.5) is 5.13 Å². The lowest BCUT2D eigenvalue weighted by Gasteiger charge is -2.05. The Morgan fingerprint density at radius 1 is 1.40 bits per heavy atom. The average molecular weight is 311 g/mol. The molecule has 20 heavy (non-hydrogen) atoms. The summed E-state index contributed by atoms with van der Waals surface area (Å²) in [6.45, 7) is 4.06. The lowest BCUT2D eigenvalue weighted by Crippen LogP contribution is -2.20. The van der Waals surface area contributed by atoms with Crippen LogP contribution in [0, 0.1) is 0 Å². The van der Waals surface area contributed by atoms with E-state index in [0.717, 1.165) is 5.69 Å². The molecule has 106 valence electrons. The van der Waals surface area contributed by atoms with Gasteiger partial charge in [0.25, 0.3) is 5.91 Å². The van der Waals surface area contributed by atoms with Gasteiger partial charge in [-0.2, -0.15) is 0 Å². The van der Waals surface area contributed by atoms with Crippen molar-refractivity contribution in [2.24, 2.45) is 0 Å². The van der Waals surface area contributed by atoms with E-state index in [1.165, 1.54) is 11.3 Å². The highest BCUT2D eigenvalue weighted by Gasteiger charge is 2.09. The zero-order valence-corrected chi connectivity index (χ0v) is 12.8. The smallest absolute Gasteiger partial charge is 0.264 e. The summed E-state index contributed by atoms with van der Waals surface area (Å²) in [4.78, 5) is 16.1. The number of carbonyl (C=O) groups is 1.